The first-order chi connectivity index (χ1) is 9.08. The SMILES string of the molecule is CCc1nn(C)c(CC(NN)C2CCCC2C)c1Br. The summed E-state index contributed by atoms with van der Waals surface area (Å²) >= 11 is 3.69. The van der Waals surface area contributed by atoms with E-state index in [1.165, 1.54) is 25.0 Å². The van der Waals surface area contributed by atoms with Crippen LogP contribution in [0.5, 0.6) is 0 Å². The Morgan fingerprint density at radius 1 is 1.53 bits per heavy atom. The van der Waals surface area contributed by atoms with E-state index < -0.39 is 0 Å². The van der Waals surface area contributed by atoms with Gasteiger partial charge in [0, 0.05) is 19.5 Å². The fraction of sp³-hybridized carbons (Fsp3) is 0.786. The molecule has 4 nitrogen and oxygen atoms in total. The number of aromatic nitrogens is 2. The molecule has 0 aromatic carbocycles. The van der Waals surface area contributed by atoms with Crippen molar-refractivity contribution in [3.63, 3.8) is 0 Å². The van der Waals surface area contributed by atoms with Crippen molar-refractivity contribution >= 4 is 15.9 Å². The van der Waals surface area contributed by atoms with Crippen molar-refractivity contribution < 1.29 is 0 Å². The van der Waals surface area contributed by atoms with Crippen LogP contribution in [0.15, 0.2) is 4.47 Å². The van der Waals surface area contributed by atoms with Crippen LogP contribution in [0, 0.1) is 11.8 Å². The molecule has 0 radical (unpaired) electrons. The molecule has 1 aromatic heterocycles. The lowest BCUT2D eigenvalue weighted by atomic mass is 9.88. The molecule has 19 heavy (non-hydrogen) atoms. The molecule has 0 saturated heterocycles. The molecule has 3 N–H and O–H groups in total. The quantitative estimate of drug-likeness (QED) is 0.645. The molecule has 108 valence electrons. The van der Waals surface area contributed by atoms with Gasteiger partial charge in [0.2, 0.25) is 0 Å². The Morgan fingerprint density at radius 2 is 2.26 bits per heavy atom. The number of aryl methyl sites for hydroxylation is 2. The third-order valence-electron chi connectivity index (χ3n) is 4.57. The lowest BCUT2D eigenvalue weighted by Crippen LogP contribution is -2.43. The Bertz CT molecular complexity index is 429. The van der Waals surface area contributed by atoms with Crippen molar-refractivity contribution in [3.05, 3.63) is 15.9 Å². The summed E-state index contributed by atoms with van der Waals surface area (Å²) in [5.74, 6) is 7.25. The number of halogens is 1. The molecular formula is C14H25BrN4. The minimum absolute atomic E-state index is 0.342. The van der Waals surface area contributed by atoms with Crippen molar-refractivity contribution in [2.24, 2.45) is 24.7 Å². The van der Waals surface area contributed by atoms with Gasteiger partial charge >= 0.3 is 0 Å². The highest BCUT2D eigenvalue weighted by molar-refractivity contribution is 9.10. The zero-order valence-corrected chi connectivity index (χ0v) is 13.7. The zero-order chi connectivity index (χ0) is 14.0. The van der Waals surface area contributed by atoms with Crippen molar-refractivity contribution in [3.8, 4) is 0 Å². The number of rotatable bonds is 5. The Hall–Kier alpha value is -0.390. The van der Waals surface area contributed by atoms with E-state index in [9.17, 15) is 0 Å². The lowest BCUT2D eigenvalue weighted by molar-refractivity contribution is 0.294. The third-order valence-corrected chi connectivity index (χ3v) is 5.49. The van der Waals surface area contributed by atoms with Gasteiger partial charge in [-0.2, -0.15) is 5.10 Å². The number of hydrazine groups is 1. The van der Waals surface area contributed by atoms with Crippen LogP contribution < -0.4 is 11.3 Å². The molecule has 1 aromatic rings. The summed E-state index contributed by atoms with van der Waals surface area (Å²) in [4.78, 5) is 0. The molecule has 0 aliphatic heterocycles. The normalized spacial score (nSPS) is 24.9. The largest absolute Gasteiger partial charge is 0.271 e. The second-order valence-corrected chi connectivity index (χ2v) is 6.53. The Labute approximate surface area is 124 Å². The van der Waals surface area contributed by atoms with E-state index in [2.05, 4.69) is 40.3 Å². The molecule has 5 heteroatoms. The topological polar surface area (TPSA) is 55.9 Å². The zero-order valence-electron chi connectivity index (χ0n) is 12.1. The molecule has 1 fully saturated rings. The van der Waals surface area contributed by atoms with E-state index in [-0.39, 0.29) is 0 Å². The number of nitrogens with two attached hydrogens (primary N) is 1. The maximum atomic E-state index is 5.81. The monoisotopic (exact) mass is 328 g/mol. The van der Waals surface area contributed by atoms with Gasteiger partial charge in [-0.1, -0.05) is 26.7 Å². The molecule has 0 bridgehead atoms. The van der Waals surface area contributed by atoms with Gasteiger partial charge in [-0.15, -0.1) is 0 Å². The molecule has 1 saturated carbocycles. The molecule has 1 aliphatic carbocycles. The molecule has 3 atom stereocenters. The molecule has 0 spiro atoms. The van der Waals surface area contributed by atoms with Crippen LogP contribution in [0.1, 0.15) is 44.5 Å². The molecule has 1 heterocycles. The number of hydrogen-bond acceptors (Lipinski definition) is 3. The number of hydrogen-bond donors (Lipinski definition) is 2. The summed E-state index contributed by atoms with van der Waals surface area (Å²) in [7, 11) is 2.02. The van der Waals surface area contributed by atoms with Crippen LogP contribution in [0.4, 0.5) is 0 Å². The second-order valence-electron chi connectivity index (χ2n) is 5.73. The standard InChI is InChI=1S/C14H25BrN4/c1-4-11-14(15)13(19(3)18-11)8-12(17-16)10-7-5-6-9(10)2/h9-10,12,17H,4-8,16H2,1-3H3. The van der Waals surface area contributed by atoms with Crippen molar-refractivity contribution in [1.82, 2.24) is 15.2 Å². The van der Waals surface area contributed by atoms with Crippen LogP contribution in [0.25, 0.3) is 0 Å². The fourth-order valence-electron chi connectivity index (χ4n) is 3.36. The van der Waals surface area contributed by atoms with E-state index in [0.717, 1.165) is 28.9 Å². The minimum Gasteiger partial charge on any atom is -0.271 e. The van der Waals surface area contributed by atoms with E-state index in [1.54, 1.807) is 0 Å². The van der Waals surface area contributed by atoms with E-state index >= 15 is 0 Å². The predicted molar refractivity (Wildman–Crippen MR) is 81.6 cm³/mol. The van der Waals surface area contributed by atoms with Crippen LogP contribution in [-0.2, 0) is 19.9 Å². The van der Waals surface area contributed by atoms with Crippen LogP contribution in [0.2, 0.25) is 0 Å². The molecule has 0 amide bonds. The van der Waals surface area contributed by atoms with Gasteiger partial charge < -0.3 is 0 Å². The van der Waals surface area contributed by atoms with Crippen molar-refractivity contribution in [2.75, 3.05) is 0 Å². The predicted octanol–water partition coefficient (Wildman–Crippen LogP) is 2.56. The summed E-state index contributed by atoms with van der Waals surface area (Å²) in [6.07, 6.45) is 5.84. The van der Waals surface area contributed by atoms with Gasteiger partial charge in [-0.05, 0) is 40.6 Å². The highest BCUT2D eigenvalue weighted by Crippen LogP contribution is 2.35. The molecule has 3 unspecified atom stereocenters. The summed E-state index contributed by atoms with van der Waals surface area (Å²) in [6, 6.07) is 0.342. The van der Waals surface area contributed by atoms with Gasteiger partial charge in [0.1, 0.15) is 0 Å². The van der Waals surface area contributed by atoms with Gasteiger partial charge in [-0.3, -0.25) is 16.0 Å². The summed E-state index contributed by atoms with van der Waals surface area (Å²) in [5, 5.41) is 4.56. The van der Waals surface area contributed by atoms with E-state index in [4.69, 9.17) is 5.84 Å². The maximum absolute atomic E-state index is 5.81. The van der Waals surface area contributed by atoms with E-state index in [1.807, 2.05) is 11.7 Å². The average Bonchev–Trinajstić information content (AvgIpc) is 2.93. The highest BCUT2D eigenvalue weighted by atomic mass is 79.9. The molecular weight excluding hydrogens is 304 g/mol. The van der Waals surface area contributed by atoms with Crippen LogP contribution in [-0.4, -0.2) is 15.8 Å². The second kappa shape index (κ2) is 6.37. The first kappa shape index (κ1) is 15.0. The fourth-order valence-corrected chi connectivity index (χ4v) is 4.13. The minimum atomic E-state index is 0.342. The first-order valence-corrected chi connectivity index (χ1v) is 8.04. The lowest BCUT2D eigenvalue weighted by Gasteiger charge is -2.26. The summed E-state index contributed by atoms with van der Waals surface area (Å²) < 4.78 is 3.15. The Kier molecular flexibility index (Phi) is 5.03. The maximum Gasteiger partial charge on any atom is 0.0766 e. The Balaban J connectivity index is 2.16. The number of nitrogens with one attached hydrogen (secondary N) is 1. The smallest absolute Gasteiger partial charge is 0.0766 e. The third kappa shape index (κ3) is 3.03. The van der Waals surface area contributed by atoms with Gasteiger partial charge in [-0.25, -0.2) is 0 Å². The van der Waals surface area contributed by atoms with Crippen LogP contribution in [0.3, 0.4) is 0 Å². The number of nitrogens with zero attached hydrogens (tertiary/aromatic N) is 2. The van der Waals surface area contributed by atoms with Crippen molar-refractivity contribution in [1.29, 1.82) is 0 Å². The van der Waals surface area contributed by atoms with E-state index in [0.29, 0.717) is 12.0 Å². The van der Waals surface area contributed by atoms with Gasteiger partial charge in [0.05, 0.1) is 15.9 Å². The Morgan fingerprint density at radius 3 is 2.74 bits per heavy atom. The summed E-state index contributed by atoms with van der Waals surface area (Å²) in [5.41, 5.74) is 5.42. The van der Waals surface area contributed by atoms with Gasteiger partial charge in [0.25, 0.3) is 0 Å². The molecule has 1 aliphatic rings. The molecule has 2 rings (SSSR count). The average molecular weight is 329 g/mol. The first-order valence-electron chi connectivity index (χ1n) is 7.24. The van der Waals surface area contributed by atoms with Gasteiger partial charge in [0.15, 0.2) is 0 Å². The highest BCUT2D eigenvalue weighted by Gasteiger charge is 2.31. The van der Waals surface area contributed by atoms with Crippen LogP contribution >= 0.6 is 15.9 Å². The van der Waals surface area contributed by atoms with Crippen molar-refractivity contribution in [2.45, 2.75) is 52.0 Å². The summed E-state index contributed by atoms with van der Waals surface area (Å²) in [6.45, 7) is 4.48.